The van der Waals surface area contributed by atoms with E-state index in [-0.39, 0.29) is 42.5 Å². The molecule has 32 heavy (non-hydrogen) atoms. The lowest BCUT2D eigenvalue weighted by molar-refractivity contribution is -0.129. The molecule has 0 spiro atoms. The molecule has 2 aliphatic rings. The summed E-state index contributed by atoms with van der Waals surface area (Å²) in [7, 11) is -1.59. The molecule has 0 aromatic heterocycles. The fourth-order valence-electron chi connectivity index (χ4n) is 3.56. The molecule has 0 aliphatic carbocycles. The molecule has 1 fully saturated rings. The van der Waals surface area contributed by atoms with Gasteiger partial charge in [0.05, 0.1) is 23.7 Å². The maximum atomic E-state index is 14.2. The highest BCUT2D eigenvalue weighted by Crippen LogP contribution is 2.32. The average molecular weight is 463 g/mol. The minimum atomic E-state index is -3.12. The number of rotatable bonds is 6. The molecule has 2 aromatic rings. The Kier molecular flexibility index (Phi) is 5.92. The van der Waals surface area contributed by atoms with Gasteiger partial charge in [-0.1, -0.05) is 0 Å². The summed E-state index contributed by atoms with van der Waals surface area (Å²) in [5.74, 6) is -0.352. The number of hydrogen-bond donors (Lipinski definition) is 2. The van der Waals surface area contributed by atoms with Crippen LogP contribution in [0.3, 0.4) is 0 Å². The van der Waals surface area contributed by atoms with Gasteiger partial charge in [0.1, 0.15) is 5.82 Å². The van der Waals surface area contributed by atoms with Gasteiger partial charge in [0.15, 0.2) is 21.3 Å². The Morgan fingerprint density at radius 2 is 1.94 bits per heavy atom. The van der Waals surface area contributed by atoms with Crippen LogP contribution in [0.25, 0.3) is 0 Å². The highest BCUT2D eigenvalue weighted by molar-refractivity contribution is 7.91. The number of carbonyl (C=O) groups excluding carboxylic acids is 2. The molecule has 2 N–H and O–H groups in total. The smallest absolute Gasteiger partial charge is 0.255 e. The van der Waals surface area contributed by atoms with Crippen molar-refractivity contribution in [1.82, 2.24) is 4.90 Å². The van der Waals surface area contributed by atoms with Crippen LogP contribution in [0.5, 0.6) is 11.5 Å². The highest BCUT2D eigenvalue weighted by Gasteiger charge is 2.32. The van der Waals surface area contributed by atoms with Crippen molar-refractivity contribution in [2.75, 3.05) is 42.5 Å². The first-order valence-electron chi connectivity index (χ1n) is 9.92. The van der Waals surface area contributed by atoms with E-state index in [1.165, 1.54) is 30.1 Å². The van der Waals surface area contributed by atoms with E-state index in [1.54, 1.807) is 18.2 Å². The van der Waals surface area contributed by atoms with Crippen LogP contribution in [-0.2, 0) is 14.6 Å². The van der Waals surface area contributed by atoms with E-state index in [4.69, 9.17) is 9.47 Å². The van der Waals surface area contributed by atoms with Crippen LogP contribution in [-0.4, -0.2) is 63.1 Å². The van der Waals surface area contributed by atoms with E-state index in [9.17, 15) is 22.4 Å². The molecule has 1 atom stereocenters. The summed E-state index contributed by atoms with van der Waals surface area (Å²) in [6.07, 6.45) is 0.389. The first-order chi connectivity index (χ1) is 15.2. The summed E-state index contributed by atoms with van der Waals surface area (Å²) in [4.78, 5) is 26.3. The quantitative estimate of drug-likeness (QED) is 0.672. The van der Waals surface area contributed by atoms with Crippen molar-refractivity contribution in [3.05, 3.63) is 47.8 Å². The van der Waals surface area contributed by atoms with Crippen molar-refractivity contribution >= 4 is 33.0 Å². The van der Waals surface area contributed by atoms with Crippen molar-refractivity contribution in [3.63, 3.8) is 0 Å². The summed E-state index contributed by atoms with van der Waals surface area (Å²) in [5.41, 5.74) is 0.713. The zero-order valence-corrected chi connectivity index (χ0v) is 18.1. The van der Waals surface area contributed by atoms with Crippen LogP contribution < -0.4 is 20.1 Å². The summed E-state index contributed by atoms with van der Waals surface area (Å²) >= 11 is 0. The minimum Gasteiger partial charge on any atom is -0.454 e. The van der Waals surface area contributed by atoms with Crippen molar-refractivity contribution in [3.8, 4) is 11.5 Å². The molecule has 170 valence electrons. The molecule has 2 heterocycles. The standard InChI is InChI=1S/C21H22FN3O6S/c1-25(15-6-7-32(28,29)11-15)20(26)10-23-17-9-14(3-4-16(17)22)24-21(27)13-2-5-18-19(8-13)31-12-30-18/h2-5,8-9,15,23H,6-7,10-12H2,1H3,(H,24,27). The molecular formula is C21H22FN3O6S. The molecule has 0 radical (unpaired) electrons. The van der Waals surface area contributed by atoms with Crippen LogP contribution in [0.15, 0.2) is 36.4 Å². The van der Waals surface area contributed by atoms with Crippen LogP contribution >= 0.6 is 0 Å². The van der Waals surface area contributed by atoms with E-state index < -0.39 is 21.6 Å². The van der Waals surface area contributed by atoms with Crippen LogP contribution in [0, 0.1) is 5.82 Å². The zero-order chi connectivity index (χ0) is 22.9. The molecule has 0 saturated carbocycles. The molecule has 9 nitrogen and oxygen atoms in total. The molecule has 4 rings (SSSR count). The van der Waals surface area contributed by atoms with E-state index in [1.807, 2.05) is 0 Å². The third kappa shape index (κ3) is 4.77. The Labute approximate surface area is 184 Å². The average Bonchev–Trinajstić information content (AvgIpc) is 3.38. The van der Waals surface area contributed by atoms with Crippen molar-refractivity contribution in [1.29, 1.82) is 0 Å². The van der Waals surface area contributed by atoms with Crippen molar-refractivity contribution in [2.45, 2.75) is 12.5 Å². The van der Waals surface area contributed by atoms with Gasteiger partial charge in [-0.3, -0.25) is 9.59 Å². The first kappa shape index (κ1) is 21.9. The zero-order valence-electron chi connectivity index (χ0n) is 17.3. The number of halogens is 1. The van der Waals surface area contributed by atoms with Gasteiger partial charge in [0.2, 0.25) is 12.7 Å². The van der Waals surface area contributed by atoms with Gasteiger partial charge in [-0.15, -0.1) is 0 Å². The van der Waals surface area contributed by atoms with Gasteiger partial charge in [-0.05, 0) is 42.8 Å². The second kappa shape index (κ2) is 8.65. The van der Waals surface area contributed by atoms with Crippen LogP contribution in [0.4, 0.5) is 15.8 Å². The summed E-state index contributed by atoms with van der Waals surface area (Å²) < 4.78 is 48.0. The Morgan fingerprint density at radius 3 is 2.69 bits per heavy atom. The number of hydrogen-bond acceptors (Lipinski definition) is 7. The van der Waals surface area contributed by atoms with Crippen LogP contribution in [0.1, 0.15) is 16.8 Å². The number of fused-ring (bicyclic) bond motifs is 1. The molecular weight excluding hydrogens is 441 g/mol. The van der Waals surface area contributed by atoms with Gasteiger partial charge >= 0.3 is 0 Å². The second-order valence-corrected chi connectivity index (χ2v) is 9.86. The second-order valence-electron chi connectivity index (χ2n) is 7.63. The summed E-state index contributed by atoms with van der Waals surface area (Å²) in [6.45, 7) is -0.124. The fraction of sp³-hybridized carbons (Fsp3) is 0.333. The number of carbonyl (C=O) groups is 2. The Morgan fingerprint density at radius 1 is 1.16 bits per heavy atom. The summed E-state index contributed by atoms with van der Waals surface area (Å²) in [6, 6.07) is 8.35. The van der Waals surface area contributed by atoms with E-state index in [0.717, 1.165) is 0 Å². The Bertz CT molecular complexity index is 1170. The van der Waals surface area contributed by atoms with Crippen molar-refractivity contribution in [2.24, 2.45) is 0 Å². The number of ether oxygens (including phenoxy) is 2. The molecule has 2 aromatic carbocycles. The van der Waals surface area contributed by atoms with E-state index in [2.05, 4.69) is 10.6 Å². The number of nitrogens with one attached hydrogen (secondary N) is 2. The number of nitrogens with zero attached hydrogens (tertiary/aromatic N) is 1. The fourth-order valence-corrected chi connectivity index (χ4v) is 5.33. The predicted octanol–water partition coefficient (Wildman–Crippen LogP) is 1.86. The third-order valence-corrected chi connectivity index (χ3v) is 7.19. The van der Waals surface area contributed by atoms with Gasteiger partial charge in [0.25, 0.3) is 5.91 Å². The number of sulfone groups is 1. The van der Waals surface area contributed by atoms with Crippen molar-refractivity contribution < 1.29 is 31.9 Å². The van der Waals surface area contributed by atoms with Gasteiger partial charge < -0.3 is 25.0 Å². The lowest BCUT2D eigenvalue weighted by atomic mass is 10.1. The molecule has 1 saturated heterocycles. The molecule has 0 bridgehead atoms. The highest BCUT2D eigenvalue weighted by atomic mass is 32.2. The largest absolute Gasteiger partial charge is 0.454 e. The lowest BCUT2D eigenvalue weighted by Crippen LogP contribution is -2.41. The Hall–Kier alpha value is -3.34. The number of amides is 2. The van der Waals surface area contributed by atoms with E-state index in [0.29, 0.717) is 29.2 Å². The third-order valence-electron chi connectivity index (χ3n) is 5.44. The predicted molar refractivity (Wildman–Crippen MR) is 115 cm³/mol. The Balaban J connectivity index is 1.38. The number of anilines is 2. The summed E-state index contributed by atoms with van der Waals surface area (Å²) in [5, 5.41) is 5.40. The van der Waals surface area contributed by atoms with Gasteiger partial charge in [0, 0.05) is 24.3 Å². The van der Waals surface area contributed by atoms with E-state index >= 15 is 0 Å². The molecule has 11 heteroatoms. The lowest BCUT2D eigenvalue weighted by Gasteiger charge is -2.23. The SMILES string of the molecule is CN(C(=O)CNc1cc(NC(=O)c2ccc3c(c2)OCO3)ccc1F)C1CCS(=O)(=O)C1. The number of likely N-dealkylation sites (N-methyl/N-ethyl adjacent to an activating group) is 1. The topological polar surface area (TPSA) is 114 Å². The number of benzene rings is 2. The minimum absolute atomic E-state index is 0.0364. The van der Waals surface area contributed by atoms with Crippen LogP contribution in [0.2, 0.25) is 0 Å². The molecule has 2 amide bonds. The van der Waals surface area contributed by atoms with Gasteiger partial charge in [-0.2, -0.15) is 0 Å². The molecule has 1 unspecified atom stereocenters. The normalized spacial score (nSPS) is 18.2. The van der Waals surface area contributed by atoms with Gasteiger partial charge in [-0.25, -0.2) is 12.8 Å². The monoisotopic (exact) mass is 463 g/mol. The maximum absolute atomic E-state index is 14.2. The maximum Gasteiger partial charge on any atom is 0.255 e. The molecule has 2 aliphatic heterocycles. The first-order valence-corrected chi connectivity index (χ1v) is 11.7.